The Hall–Kier alpha value is -3.81. The Balaban J connectivity index is 1.52. The number of rotatable bonds is 3. The van der Waals surface area contributed by atoms with Crippen LogP contribution in [0.1, 0.15) is 31.7 Å². The Kier molecular flexibility index (Phi) is 4.97. The number of para-hydroxylation sites is 2. The number of hydrogen-bond acceptors (Lipinski definition) is 5. The summed E-state index contributed by atoms with van der Waals surface area (Å²) in [6.07, 6.45) is 0.686. The van der Waals surface area contributed by atoms with E-state index < -0.39 is 17.4 Å². The van der Waals surface area contributed by atoms with Crippen molar-refractivity contribution in [2.75, 3.05) is 4.90 Å². The average molecular weight is 525 g/mol. The Bertz CT molecular complexity index is 1730. The lowest BCUT2D eigenvalue weighted by atomic mass is 9.75. The molecule has 190 valence electrons. The van der Waals surface area contributed by atoms with E-state index in [0.29, 0.717) is 39.5 Å². The van der Waals surface area contributed by atoms with Gasteiger partial charge in [0.05, 0.1) is 34.1 Å². The van der Waals surface area contributed by atoms with Gasteiger partial charge in [-0.15, -0.1) is 0 Å². The molecule has 38 heavy (non-hydrogen) atoms. The van der Waals surface area contributed by atoms with Crippen LogP contribution in [0.3, 0.4) is 0 Å². The van der Waals surface area contributed by atoms with Gasteiger partial charge in [-0.1, -0.05) is 61.8 Å². The van der Waals surface area contributed by atoms with Gasteiger partial charge in [0, 0.05) is 16.6 Å². The number of carbonyl (C=O) groups is 2. The highest BCUT2D eigenvalue weighted by Gasteiger charge is 2.69. The number of hydrogen-bond donors (Lipinski definition) is 1. The predicted octanol–water partition coefficient (Wildman–Crippen LogP) is 4.42. The molecule has 0 saturated carbocycles. The molecule has 0 bridgehead atoms. The molecule has 3 aromatic carbocycles. The molecule has 4 heterocycles. The minimum absolute atomic E-state index is 0.191. The van der Waals surface area contributed by atoms with E-state index in [0.717, 1.165) is 5.56 Å². The topological polar surface area (TPSA) is 84.3 Å². The Labute approximate surface area is 224 Å². The second kappa shape index (κ2) is 8.09. The monoisotopic (exact) mass is 524 g/mol. The van der Waals surface area contributed by atoms with Crippen molar-refractivity contribution in [1.82, 2.24) is 14.9 Å². The van der Waals surface area contributed by atoms with Gasteiger partial charge in [0.2, 0.25) is 11.8 Å². The van der Waals surface area contributed by atoms with Crippen LogP contribution in [0.15, 0.2) is 77.6 Å². The number of nitrogens with zero attached hydrogens (tertiary/aromatic N) is 3. The van der Waals surface area contributed by atoms with Gasteiger partial charge in [0.25, 0.3) is 5.56 Å². The molecule has 8 heteroatoms. The molecule has 0 unspecified atom stereocenters. The maximum absolute atomic E-state index is 14.4. The average Bonchev–Trinajstić information content (AvgIpc) is 3.47. The van der Waals surface area contributed by atoms with Crippen LogP contribution in [-0.2, 0) is 15.1 Å². The third-order valence-electron chi connectivity index (χ3n) is 8.15. The van der Waals surface area contributed by atoms with E-state index in [2.05, 4.69) is 19.2 Å². The highest BCUT2D eigenvalue weighted by atomic mass is 35.5. The van der Waals surface area contributed by atoms with E-state index in [4.69, 9.17) is 16.6 Å². The summed E-state index contributed by atoms with van der Waals surface area (Å²) in [7, 11) is 0. The van der Waals surface area contributed by atoms with Gasteiger partial charge in [-0.05, 0) is 48.7 Å². The van der Waals surface area contributed by atoms with Crippen molar-refractivity contribution in [2.24, 2.45) is 17.8 Å². The maximum Gasteiger partial charge on any atom is 0.266 e. The molecule has 0 radical (unpaired) electrons. The van der Waals surface area contributed by atoms with Crippen molar-refractivity contribution in [1.29, 1.82) is 0 Å². The van der Waals surface area contributed by atoms with Crippen LogP contribution in [-0.4, -0.2) is 27.4 Å². The van der Waals surface area contributed by atoms with Gasteiger partial charge in [-0.2, -0.15) is 0 Å². The summed E-state index contributed by atoms with van der Waals surface area (Å²) in [5, 5.41) is 4.68. The van der Waals surface area contributed by atoms with E-state index in [1.54, 1.807) is 34.9 Å². The summed E-state index contributed by atoms with van der Waals surface area (Å²) in [4.78, 5) is 48.6. The number of imide groups is 1. The summed E-state index contributed by atoms with van der Waals surface area (Å²) in [5.41, 5.74) is 1.16. The quantitative estimate of drug-likeness (QED) is 0.401. The van der Waals surface area contributed by atoms with Crippen LogP contribution in [0.25, 0.3) is 16.6 Å². The number of anilines is 1. The van der Waals surface area contributed by atoms with Crippen LogP contribution in [0, 0.1) is 17.8 Å². The standard InChI is InChI=1S/C30H25ClN4O3/c1-16(2)14-22-24-25(28(38)34(27(24)37)18-9-7-8-17(31)15-18)30(33-22)20-11-4-6-13-23(20)35-26(36)19-10-3-5-12-21(19)32-29(30)35/h3-13,15-16,22,24-25,33H,14H2,1-2H3/t22-,24+,25-,30-/m1/s1. The van der Waals surface area contributed by atoms with Crippen LogP contribution < -0.4 is 15.8 Å². The van der Waals surface area contributed by atoms with E-state index in [1.165, 1.54) is 4.90 Å². The SMILES string of the molecule is CC(C)C[C@H]1N[C@]2(c3ccccc3-n3c2nc2ccccc2c3=O)[C@H]2C(=O)N(c3cccc(Cl)c3)C(=O)[C@@H]12. The first-order chi connectivity index (χ1) is 18.3. The van der Waals surface area contributed by atoms with Gasteiger partial charge in [0.15, 0.2) is 0 Å². The second-order valence-electron chi connectivity index (χ2n) is 10.8. The first-order valence-corrected chi connectivity index (χ1v) is 13.2. The zero-order valence-electron chi connectivity index (χ0n) is 20.9. The fourth-order valence-electron chi connectivity index (χ4n) is 6.80. The summed E-state index contributed by atoms with van der Waals surface area (Å²) < 4.78 is 1.62. The number of aromatic nitrogens is 2. The van der Waals surface area contributed by atoms with Gasteiger partial charge < -0.3 is 0 Å². The van der Waals surface area contributed by atoms with Crippen LogP contribution >= 0.6 is 11.6 Å². The van der Waals surface area contributed by atoms with Crippen molar-refractivity contribution in [3.63, 3.8) is 0 Å². The van der Waals surface area contributed by atoms with Crippen LogP contribution in [0.5, 0.6) is 0 Å². The molecule has 3 aliphatic rings. The molecular formula is C30H25ClN4O3. The Morgan fingerprint density at radius 2 is 1.74 bits per heavy atom. The number of amides is 2. The third kappa shape index (κ3) is 2.94. The fraction of sp³-hybridized carbons (Fsp3) is 0.267. The molecule has 2 amide bonds. The highest BCUT2D eigenvalue weighted by Crippen LogP contribution is 2.56. The van der Waals surface area contributed by atoms with E-state index in [9.17, 15) is 14.4 Å². The molecule has 7 rings (SSSR count). The van der Waals surface area contributed by atoms with Crippen molar-refractivity contribution in [2.45, 2.75) is 31.8 Å². The number of benzene rings is 3. The smallest absolute Gasteiger partial charge is 0.266 e. The van der Waals surface area contributed by atoms with Gasteiger partial charge in [-0.25, -0.2) is 9.88 Å². The molecule has 2 saturated heterocycles. The summed E-state index contributed by atoms with van der Waals surface area (Å²) in [6, 6.07) is 21.4. The lowest BCUT2D eigenvalue weighted by Crippen LogP contribution is -2.50. The maximum atomic E-state index is 14.4. The molecule has 1 N–H and O–H groups in total. The number of halogens is 1. The number of fused-ring (bicyclic) bond motifs is 8. The van der Waals surface area contributed by atoms with Crippen molar-refractivity contribution in [3.8, 4) is 5.69 Å². The normalized spacial score (nSPS) is 25.5. The minimum atomic E-state index is -1.13. The van der Waals surface area contributed by atoms with Gasteiger partial charge in [-0.3, -0.25) is 24.3 Å². The second-order valence-corrected chi connectivity index (χ2v) is 11.2. The minimum Gasteiger partial charge on any atom is -0.297 e. The molecule has 0 aliphatic carbocycles. The summed E-state index contributed by atoms with van der Waals surface area (Å²) >= 11 is 6.25. The molecule has 7 nitrogen and oxygen atoms in total. The molecule has 1 spiro atoms. The molecule has 3 aliphatic heterocycles. The molecular weight excluding hydrogens is 500 g/mol. The van der Waals surface area contributed by atoms with Crippen molar-refractivity contribution in [3.05, 3.63) is 99.6 Å². The highest BCUT2D eigenvalue weighted by molar-refractivity contribution is 6.31. The molecule has 4 aromatic rings. The van der Waals surface area contributed by atoms with Gasteiger partial charge in [0.1, 0.15) is 11.4 Å². The number of nitrogens with one attached hydrogen (secondary N) is 1. The van der Waals surface area contributed by atoms with Crippen LogP contribution in [0.2, 0.25) is 5.02 Å². The van der Waals surface area contributed by atoms with E-state index in [1.807, 2.05) is 42.5 Å². The first kappa shape index (κ1) is 23.3. The van der Waals surface area contributed by atoms with E-state index in [-0.39, 0.29) is 29.3 Å². The van der Waals surface area contributed by atoms with Crippen molar-refractivity contribution >= 4 is 40.0 Å². The van der Waals surface area contributed by atoms with Crippen LogP contribution in [0.4, 0.5) is 5.69 Å². The lowest BCUT2D eigenvalue weighted by molar-refractivity contribution is -0.123. The fourth-order valence-corrected chi connectivity index (χ4v) is 6.98. The zero-order chi connectivity index (χ0) is 26.3. The predicted molar refractivity (Wildman–Crippen MR) is 145 cm³/mol. The molecule has 4 atom stereocenters. The molecule has 2 fully saturated rings. The van der Waals surface area contributed by atoms with E-state index >= 15 is 0 Å². The number of carbonyl (C=O) groups excluding carboxylic acids is 2. The van der Waals surface area contributed by atoms with Gasteiger partial charge >= 0.3 is 0 Å². The molecule has 1 aromatic heterocycles. The summed E-state index contributed by atoms with van der Waals surface area (Å²) in [6.45, 7) is 4.20. The Morgan fingerprint density at radius 3 is 2.53 bits per heavy atom. The third-order valence-corrected chi connectivity index (χ3v) is 8.39. The van der Waals surface area contributed by atoms with Crippen molar-refractivity contribution < 1.29 is 9.59 Å². The zero-order valence-corrected chi connectivity index (χ0v) is 21.6. The Morgan fingerprint density at radius 1 is 0.974 bits per heavy atom. The lowest BCUT2D eigenvalue weighted by Gasteiger charge is -2.32. The largest absolute Gasteiger partial charge is 0.297 e. The first-order valence-electron chi connectivity index (χ1n) is 12.9. The summed E-state index contributed by atoms with van der Waals surface area (Å²) in [5.74, 6) is -1.23.